The van der Waals surface area contributed by atoms with Gasteiger partial charge in [0.15, 0.2) is 0 Å². The Balaban J connectivity index is 0.000000718. The molecule has 16 heteroatoms. The zero-order valence-electron chi connectivity index (χ0n) is 18.3. The van der Waals surface area contributed by atoms with E-state index in [0.29, 0.717) is 39.2 Å². The molecular formula is C18H27F4N3O7S2. The first-order valence-corrected chi connectivity index (χ1v) is 13.0. The normalized spacial score (nSPS) is 15.6. The summed E-state index contributed by atoms with van der Waals surface area (Å²) in [6.07, 6.45) is -4.66. The lowest BCUT2D eigenvalue weighted by Crippen LogP contribution is -2.48. The number of nitrogens with one attached hydrogen (secondary N) is 1. The molecular weight excluding hydrogens is 510 g/mol. The summed E-state index contributed by atoms with van der Waals surface area (Å²) in [6.45, 7) is 2.18. The van der Waals surface area contributed by atoms with Crippen molar-refractivity contribution in [3.63, 3.8) is 0 Å². The molecule has 1 aromatic rings. The number of hydrogen-bond donors (Lipinski definition) is 2. The van der Waals surface area contributed by atoms with Crippen molar-refractivity contribution in [2.45, 2.75) is 17.5 Å². The first kappa shape index (κ1) is 30.2. The molecule has 1 aliphatic rings. The third-order valence-corrected chi connectivity index (χ3v) is 8.28. The van der Waals surface area contributed by atoms with Crippen LogP contribution >= 0.6 is 0 Å². The summed E-state index contributed by atoms with van der Waals surface area (Å²) in [5.74, 6) is -3.60. The molecule has 0 radical (unpaired) electrons. The van der Waals surface area contributed by atoms with Crippen LogP contribution in [0.25, 0.3) is 0 Å². The average Bonchev–Trinajstić information content (AvgIpc) is 2.76. The highest BCUT2D eigenvalue weighted by atomic mass is 32.2. The van der Waals surface area contributed by atoms with Crippen LogP contribution in [0.1, 0.15) is 6.42 Å². The van der Waals surface area contributed by atoms with Gasteiger partial charge in [-0.25, -0.2) is 26.0 Å². The fourth-order valence-corrected chi connectivity index (χ4v) is 5.80. The predicted molar refractivity (Wildman–Crippen MR) is 114 cm³/mol. The lowest BCUT2D eigenvalue weighted by molar-refractivity contribution is -0.192. The molecule has 0 saturated carbocycles. The van der Waals surface area contributed by atoms with Crippen LogP contribution < -0.4 is 5.32 Å². The topological polar surface area (TPSA) is 133 Å². The molecule has 0 unspecified atom stereocenters. The number of sulfonamides is 2. The van der Waals surface area contributed by atoms with E-state index in [1.807, 2.05) is 0 Å². The van der Waals surface area contributed by atoms with E-state index in [0.717, 1.165) is 16.4 Å². The third-order valence-electron chi connectivity index (χ3n) is 4.52. The number of piperazine rings is 1. The van der Waals surface area contributed by atoms with Crippen molar-refractivity contribution in [2.24, 2.45) is 0 Å². The third kappa shape index (κ3) is 9.79. The second-order valence-corrected chi connectivity index (χ2v) is 11.0. The van der Waals surface area contributed by atoms with Gasteiger partial charge in [0.2, 0.25) is 20.0 Å². The van der Waals surface area contributed by atoms with Crippen molar-refractivity contribution in [2.75, 3.05) is 58.7 Å². The van der Waals surface area contributed by atoms with Gasteiger partial charge in [0.05, 0.1) is 10.6 Å². The van der Waals surface area contributed by atoms with E-state index in [9.17, 15) is 34.4 Å². The molecule has 2 rings (SSSR count). The number of methoxy groups -OCH3 is 1. The highest BCUT2D eigenvalue weighted by molar-refractivity contribution is 7.90. The summed E-state index contributed by atoms with van der Waals surface area (Å²) in [7, 11) is -5.99. The van der Waals surface area contributed by atoms with Crippen LogP contribution in [0.5, 0.6) is 0 Å². The molecule has 2 N–H and O–H groups in total. The van der Waals surface area contributed by atoms with Crippen molar-refractivity contribution >= 4 is 26.0 Å². The van der Waals surface area contributed by atoms with Crippen LogP contribution in [-0.4, -0.2) is 101 Å². The Bertz CT molecular complexity index is 982. The molecule has 0 atom stereocenters. The van der Waals surface area contributed by atoms with E-state index in [4.69, 9.17) is 14.6 Å². The number of carboxylic acid groups (broad SMARTS) is 1. The maximum atomic E-state index is 13.1. The maximum absolute atomic E-state index is 13.1. The number of hydrogen-bond acceptors (Lipinski definition) is 7. The molecule has 1 aliphatic heterocycles. The number of carbonyl (C=O) groups is 1. The first-order chi connectivity index (χ1) is 15.7. The quantitative estimate of drug-likeness (QED) is 0.330. The van der Waals surface area contributed by atoms with Gasteiger partial charge in [0.1, 0.15) is 5.82 Å². The summed E-state index contributed by atoms with van der Waals surface area (Å²) < 4.78 is 103. The van der Waals surface area contributed by atoms with Crippen LogP contribution in [0, 0.1) is 5.82 Å². The van der Waals surface area contributed by atoms with Crippen molar-refractivity contribution < 1.29 is 49.0 Å². The lowest BCUT2D eigenvalue weighted by atomic mass is 10.4. The molecule has 0 bridgehead atoms. The summed E-state index contributed by atoms with van der Waals surface area (Å²) in [5, 5.41) is 10.2. The van der Waals surface area contributed by atoms with Crippen LogP contribution in [-0.2, 0) is 29.6 Å². The molecule has 0 aromatic heterocycles. The van der Waals surface area contributed by atoms with Crippen LogP contribution in [0.4, 0.5) is 17.6 Å². The van der Waals surface area contributed by atoms with E-state index in [2.05, 4.69) is 5.32 Å². The monoisotopic (exact) mass is 537 g/mol. The van der Waals surface area contributed by atoms with Crippen molar-refractivity contribution in [3.8, 4) is 0 Å². The Morgan fingerprint density at radius 2 is 1.65 bits per heavy atom. The van der Waals surface area contributed by atoms with Crippen LogP contribution in [0.15, 0.2) is 29.2 Å². The fraction of sp³-hybridized carbons (Fsp3) is 0.611. The molecule has 10 nitrogen and oxygen atoms in total. The van der Waals surface area contributed by atoms with Gasteiger partial charge in [0.25, 0.3) is 0 Å². The van der Waals surface area contributed by atoms with Gasteiger partial charge in [-0.05, 0) is 30.7 Å². The van der Waals surface area contributed by atoms with Gasteiger partial charge in [-0.15, -0.1) is 0 Å². The molecule has 0 spiro atoms. The molecule has 0 amide bonds. The van der Waals surface area contributed by atoms with Gasteiger partial charge < -0.3 is 15.2 Å². The molecule has 0 aliphatic carbocycles. The van der Waals surface area contributed by atoms with E-state index in [1.165, 1.54) is 23.5 Å². The minimum atomic E-state index is -5.08. The van der Waals surface area contributed by atoms with Crippen LogP contribution in [0.2, 0.25) is 0 Å². The standard InChI is InChI=1S/C16H26FN3O5S2.C2HF3O2/c1-25-13-2-9-20(27(23,24)16-5-3-15(17)4-6-16)12-14-26(21,22)19-10-7-18-8-11-19;3-2(4,5)1(6)7/h3-6,18H,2,7-14H2,1H3;(H,6,7). The van der Waals surface area contributed by atoms with E-state index in [1.54, 1.807) is 0 Å². The molecule has 196 valence electrons. The molecule has 1 aromatic carbocycles. The second kappa shape index (κ2) is 13.3. The number of ether oxygens (including phenoxy) is 1. The van der Waals surface area contributed by atoms with Crippen molar-refractivity contribution in [3.05, 3.63) is 30.1 Å². The summed E-state index contributed by atoms with van der Waals surface area (Å²) in [6, 6.07) is 4.49. The summed E-state index contributed by atoms with van der Waals surface area (Å²) in [4.78, 5) is 8.83. The van der Waals surface area contributed by atoms with Crippen molar-refractivity contribution in [1.82, 2.24) is 13.9 Å². The molecule has 1 fully saturated rings. The number of carboxylic acids is 1. The Morgan fingerprint density at radius 1 is 1.12 bits per heavy atom. The number of aliphatic carboxylic acids is 1. The Labute approximate surface area is 195 Å². The summed E-state index contributed by atoms with van der Waals surface area (Å²) in [5.41, 5.74) is 0. The van der Waals surface area contributed by atoms with Gasteiger partial charge in [-0.3, -0.25) is 0 Å². The number of alkyl halides is 3. The second-order valence-electron chi connectivity index (χ2n) is 6.97. The minimum absolute atomic E-state index is 0.0686. The van der Waals surface area contributed by atoms with Gasteiger partial charge in [-0.2, -0.15) is 21.8 Å². The first-order valence-electron chi connectivity index (χ1n) is 9.95. The highest BCUT2D eigenvalue weighted by Crippen LogP contribution is 2.17. The lowest BCUT2D eigenvalue weighted by Gasteiger charge is -2.28. The van der Waals surface area contributed by atoms with Gasteiger partial charge in [0, 0.05) is 53.0 Å². The Morgan fingerprint density at radius 3 is 2.12 bits per heavy atom. The Kier molecular flexibility index (Phi) is 11.8. The minimum Gasteiger partial charge on any atom is -0.475 e. The molecule has 1 saturated heterocycles. The van der Waals surface area contributed by atoms with Crippen molar-refractivity contribution in [1.29, 1.82) is 0 Å². The van der Waals surface area contributed by atoms with E-state index >= 15 is 0 Å². The number of nitrogens with zero attached hydrogens (tertiary/aromatic N) is 2. The molecule has 1 heterocycles. The SMILES string of the molecule is COCCCN(CCS(=O)(=O)N1CCNCC1)S(=O)(=O)c1ccc(F)cc1.O=C(O)C(F)(F)F. The largest absolute Gasteiger partial charge is 0.490 e. The number of rotatable bonds is 10. The molecule has 34 heavy (non-hydrogen) atoms. The smallest absolute Gasteiger partial charge is 0.475 e. The number of benzene rings is 1. The zero-order valence-corrected chi connectivity index (χ0v) is 19.9. The highest BCUT2D eigenvalue weighted by Gasteiger charge is 2.38. The van der Waals surface area contributed by atoms with Crippen LogP contribution in [0.3, 0.4) is 0 Å². The summed E-state index contributed by atoms with van der Waals surface area (Å²) >= 11 is 0. The van der Waals surface area contributed by atoms with Gasteiger partial charge >= 0.3 is 12.1 Å². The van der Waals surface area contributed by atoms with Gasteiger partial charge in [-0.1, -0.05) is 0 Å². The van der Waals surface area contributed by atoms with E-state index in [-0.39, 0.29) is 23.7 Å². The average molecular weight is 538 g/mol. The number of halogens is 4. The fourth-order valence-electron chi connectivity index (χ4n) is 2.76. The zero-order chi connectivity index (χ0) is 26.0. The van der Waals surface area contributed by atoms with E-state index < -0.39 is 38.0 Å². The Hall–Kier alpha value is -1.85. The predicted octanol–water partition coefficient (Wildman–Crippen LogP) is 0.721. The maximum Gasteiger partial charge on any atom is 0.490 e.